The highest BCUT2D eigenvalue weighted by atomic mass is 32.1. The first-order chi connectivity index (χ1) is 10.1. The smallest absolute Gasteiger partial charge is 0.246 e. The third kappa shape index (κ3) is 2.37. The van der Waals surface area contributed by atoms with Gasteiger partial charge >= 0.3 is 0 Å². The van der Waals surface area contributed by atoms with Gasteiger partial charge in [0.25, 0.3) is 0 Å². The number of carbonyl (C=O) groups excluding carboxylic acids is 2. The van der Waals surface area contributed by atoms with Crippen molar-refractivity contribution in [1.82, 2.24) is 10.2 Å². The summed E-state index contributed by atoms with van der Waals surface area (Å²) in [5.74, 6) is 0.480. The fourth-order valence-electron chi connectivity index (χ4n) is 3.33. The maximum absolute atomic E-state index is 12.9. The van der Waals surface area contributed by atoms with Gasteiger partial charge < -0.3 is 10.2 Å². The molecule has 1 atom stereocenters. The summed E-state index contributed by atoms with van der Waals surface area (Å²) in [7, 11) is 0. The van der Waals surface area contributed by atoms with Crippen LogP contribution in [0, 0.1) is 5.92 Å². The minimum absolute atomic E-state index is 0.0283. The van der Waals surface area contributed by atoms with Crippen LogP contribution < -0.4 is 5.32 Å². The number of nitrogens with zero attached hydrogens (tertiary/aromatic N) is 1. The number of rotatable bonds is 5. The molecule has 1 saturated carbocycles. The van der Waals surface area contributed by atoms with E-state index in [9.17, 15) is 9.59 Å². The Kier molecular flexibility index (Phi) is 3.78. The highest BCUT2D eigenvalue weighted by molar-refractivity contribution is 7.09. The van der Waals surface area contributed by atoms with E-state index in [1.807, 2.05) is 36.3 Å². The van der Waals surface area contributed by atoms with Crippen LogP contribution in [0.1, 0.15) is 44.4 Å². The van der Waals surface area contributed by atoms with Crippen LogP contribution >= 0.6 is 11.3 Å². The van der Waals surface area contributed by atoms with Crippen LogP contribution in [0.25, 0.3) is 0 Å². The zero-order chi connectivity index (χ0) is 15.0. The minimum atomic E-state index is -0.688. The number of carbonyl (C=O) groups is 2. The van der Waals surface area contributed by atoms with E-state index in [0.29, 0.717) is 25.3 Å². The number of nitrogens with one attached hydrogen (secondary N) is 1. The lowest BCUT2D eigenvalue weighted by Gasteiger charge is -2.47. The van der Waals surface area contributed by atoms with E-state index >= 15 is 0 Å². The van der Waals surface area contributed by atoms with Crippen LogP contribution in [0.15, 0.2) is 17.5 Å². The van der Waals surface area contributed by atoms with Crippen molar-refractivity contribution >= 4 is 23.2 Å². The summed E-state index contributed by atoms with van der Waals surface area (Å²) in [5.41, 5.74) is -0.688. The monoisotopic (exact) mass is 306 g/mol. The molecule has 1 aromatic heterocycles. The predicted octanol–water partition coefficient (Wildman–Crippen LogP) is 2.54. The molecule has 2 fully saturated rings. The quantitative estimate of drug-likeness (QED) is 0.909. The molecule has 2 aliphatic rings. The van der Waals surface area contributed by atoms with Crippen LogP contribution in [-0.2, 0) is 16.1 Å². The van der Waals surface area contributed by atoms with Gasteiger partial charge in [0.2, 0.25) is 11.8 Å². The van der Waals surface area contributed by atoms with Crippen molar-refractivity contribution in [2.45, 2.75) is 57.7 Å². The van der Waals surface area contributed by atoms with Gasteiger partial charge in [-0.3, -0.25) is 9.59 Å². The molecule has 0 spiro atoms. The lowest BCUT2D eigenvalue weighted by Crippen LogP contribution is -2.70. The Labute approximate surface area is 129 Å². The zero-order valence-electron chi connectivity index (χ0n) is 12.6. The molecule has 4 nitrogen and oxygen atoms in total. The number of piperazine rings is 1. The fourth-order valence-corrected chi connectivity index (χ4v) is 4.02. The van der Waals surface area contributed by atoms with Crippen molar-refractivity contribution in [3.05, 3.63) is 22.4 Å². The summed E-state index contributed by atoms with van der Waals surface area (Å²) in [6, 6.07) is 3.72. The van der Waals surface area contributed by atoms with Gasteiger partial charge in [-0.15, -0.1) is 11.3 Å². The molecule has 0 bridgehead atoms. The summed E-state index contributed by atoms with van der Waals surface area (Å²) < 4.78 is 0. The van der Waals surface area contributed by atoms with Gasteiger partial charge in [0.1, 0.15) is 11.6 Å². The Morgan fingerprint density at radius 1 is 1.33 bits per heavy atom. The van der Waals surface area contributed by atoms with Gasteiger partial charge in [-0.2, -0.15) is 0 Å². The lowest BCUT2D eigenvalue weighted by molar-refractivity contribution is -0.159. The first kappa shape index (κ1) is 14.6. The fraction of sp³-hybridized carbons (Fsp3) is 0.625. The number of hydrogen-bond acceptors (Lipinski definition) is 3. The molecule has 2 heterocycles. The molecule has 1 saturated heterocycles. The van der Waals surface area contributed by atoms with E-state index in [1.54, 1.807) is 11.3 Å². The highest BCUT2D eigenvalue weighted by Crippen LogP contribution is 2.39. The average molecular weight is 306 g/mol. The molecule has 3 rings (SSSR count). The molecule has 1 aliphatic carbocycles. The van der Waals surface area contributed by atoms with Crippen molar-refractivity contribution in [2.24, 2.45) is 5.92 Å². The average Bonchev–Trinajstić information content (AvgIpc) is 3.20. The Morgan fingerprint density at radius 3 is 2.57 bits per heavy atom. The van der Waals surface area contributed by atoms with Gasteiger partial charge in [0.15, 0.2) is 0 Å². The third-order valence-electron chi connectivity index (χ3n) is 4.92. The van der Waals surface area contributed by atoms with E-state index < -0.39 is 5.54 Å². The summed E-state index contributed by atoms with van der Waals surface area (Å²) >= 11 is 1.64. The molecule has 5 heteroatoms. The van der Waals surface area contributed by atoms with E-state index in [0.717, 1.165) is 17.7 Å². The van der Waals surface area contributed by atoms with Crippen LogP contribution in [-0.4, -0.2) is 28.3 Å². The molecule has 2 amide bonds. The van der Waals surface area contributed by atoms with E-state index in [4.69, 9.17) is 0 Å². The zero-order valence-corrected chi connectivity index (χ0v) is 13.4. The molecular formula is C16H22N2O2S. The van der Waals surface area contributed by atoms with E-state index in [-0.39, 0.29) is 17.9 Å². The van der Waals surface area contributed by atoms with Gasteiger partial charge in [-0.1, -0.05) is 19.9 Å². The Balaban J connectivity index is 1.94. The van der Waals surface area contributed by atoms with Crippen molar-refractivity contribution in [3.8, 4) is 0 Å². The topological polar surface area (TPSA) is 49.4 Å². The molecule has 0 radical (unpaired) electrons. The predicted molar refractivity (Wildman–Crippen MR) is 82.8 cm³/mol. The lowest BCUT2D eigenvalue weighted by atomic mass is 9.85. The number of amides is 2. The Morgan fingerprint density at radius 2 is 2.05 bits per heavy atom. The molecular weight excluding hydrogens is 284 g/mol. The van der Waals surface area contributed by atoms with Crippen molar-refractivity contribution < 1.29 is 9.59 Å². The second-order valence-corrected chi connectivity index (χ2v) is 7.06. The summed E-state index contributed by atoms with van der Waals surface area (Å²) in [6.07, 6.45) is 3.41. The second kappa shape index (κ2) is 5.44. The molecule has 1 N–H and O–H groups in total. The summed E-state index contributed by atoms with van der Waals surface area (Å²) in [5, 5.41) is 5.02. The largest absolute Gasteiger partial charge is 0.342 e. The molecule has 21 heavy (non-hydrogen) atoms. The molecule has 1 aliphatic heterocycles. The van der Waals surface area contributed by atoms with Gasteiger partial charge in [0, 0.05) is 4.88 Å². The standard InChI is InChI=1S/C16H22N2O2S/c1-3-16(4-2)15(20)17-13(11-7-8-11)14(19)18(16)10-12-6-5-9-21-12/h5-6,9,11,13H,3-4,7-8,10H2,1-2H3,(H,17,20). The van der Waals surface area contributed by atoms with Crippen molar-refractivity contribution in [1.29, 1.82) is 0 Å². The molecule has 114 valence electrons. The van der Waals surface area contributed by atoms with Gasteiger partial charge in [0.05, 0.1) is 6.54 Å². The molecule has 0 aromatic carbocycles. The summed E-state index contributed by atoms with van der Waals surface area (Å²) in [4.78, 5) is 28.6. The van der Waals surface area contributed by atoms with E-state index in [2.05, 4.69) is 5.32 Å². The Bertz CT molecular complexity index is 532. The SMILES string of the molecule is CCC1(CC)C(=O)NC(C2CC2)C(=O)N1Cc1cccs1. The van der Waals surface area contributed by atoms with E-state index in [1.165, 1.54) is 0 Å². The Hall–Kier alpha value is -1.36. The van der Waals surface area contributed by atoms with Crippen molar-refractivity contribution in [2.75, 3.05) is 0 Å². The highest BCUT2D eigenvalue weighted by Gasteiger charge is 2.53. The maximum atomic E-state index is 12.9. The molecule has 1 aromatic rings. The first-order valence-electron chi connectivity index (χ1n) is 7.77. The maximum Gasteiger partial charge on any atom is 0.246 e. The second-order valence-electron chi connectivity index (χ2n) is 6.03. The van der Waals surface area contributed by atoms with Crippen LogP contribution in [0.4, 0.5) is 0 Å². The number of thiophene rings is 1. The number of hydrogen-bond donors (Lipinski definition) is 1. The summed E-state index contributed by atoms with van der Waals surface area (Å²) in [6.45, 7) is 4.54. The first-order valence-corrected chi connectivity index (χ1v) is 8.65. The van der Waals surface area contributed by atoms with Crippen LogP contribution in [0.3, 0.4) is 0 Å². The van der Waals surface area contributed by atoms with Crippen LogP contribution in [0.5, 0.6) is 0 Å². The van der Waals surface area contributed by atoms with Crippen LogP contribution in [0.2, 0.25) is 0 Å². The molecule has 1 unspecified atom stereocenters. The third-order valence-corrected chi connectivity index (χ3v) is 5.78. The normalized spacial score (nSPS) is 25.0. The minimum Gasteiger partial charge on any atom is -0.342 e. The van der Waals surface area contributed by atoms with Crippen molar-refractivity contribution in [3.63, 3.8) is 0 Å². The van der Waals surface area contributed by atoms with Gasteiger partial charge in [-0.05, 0) is 43.0 Å². The van der Waals surface area contributed by atoms with Gasteiger partial charge in [-0.25, -0.2) is 0 Å².